The lowest BCUT2D eigenvalue weighted by atomic mass is 10.0. The topological polar surface area (TPSA) is 59.0 Å². The van der Waals surface area contributed by atoms with E-state index in [1.165, 1.54) is 0 Å². The molecule has 5 aromatic rings. The number of nitrogens with one attached hydrogen (secondary N) is 1. The van der Waals surface area contributed by atoms with Crippen LogP contribution in [0, 0.1) is 11.3 Å². The van der Waals surface area contributed by atoms with Gasteiger partial charge in [-0.1, -0.05) is 60.7 Å². The van der Waals surface area contributed by atoms with Gasteiger partial charge in [-0.25, -0.2) is 4.98 Å². The second-order valence-electron chi connectivity index (χ2n) is 9.46. The number of aromatic amines is 1. The Kier molecular flexibility index (Phi) is 6.49. The molecule has 0 aliphatic rings. The third-order valence-electron chi connectivity index (χ3n) is 6.54. The molecule has 37 heavy (non-hydrogen) atoms. The van der Waals surface area contributed by atoms with Crippen LogP contribution in [0.5, 0.6) is 0 Å². The molecule has 0 atom stereocenters. The zero-order valence-electron chi connectivity index (χ0n) is 21.5. The molecule has 0 aliphatic carbocycles. The van der Waals surface area contributed by atoms with Gasteiger partial charge in [0.15, 0.2) is 0 Å². The van der Waals surface area contributed by atoms with Crippen LogP contribution in [-0.2, 0) is 0 Å². The van der Waals surface area contributed by atoms with E-state index in [0.29, 0.717) is 5.56 Å². The first-order chi connectivity index (χ1) is 17.9. The number of nitrogens with zero attached hydrogens (tertiary/aromatic N) is 4. The fraction of sp³-hybridized carbons (Fsp3) is 0.125. The third kappa shape index (κ3) is 4.96. The smallest absolute Gasteiger partial charge is 0.138 e. The van der Waals surface area contributed by atoms with Crippen LogP contribution in [0.2, 0.25) is 0 Å². The van der Waals surface area contributed by atoms with Crippen molar-refractivity contribution in [1.82, 2.24) is 9.97 Å². The summed E-state index contributed by atoms with van der Waals surface area (Å²) in [5, 5.41) is 9.06. The Hall–Kier alpha value is -4.82. The molecule has 5 nitrogen and oxygen atoms in total. The zero-order chi connectivity index (χ0) is 25.9. The zero-order valence-corrected chi connectivity index (χ0v) is 21.5. The SMILES string of the molecule is CN(C)c1ccc(-c2nc(-c3ccc(-c4ccc(C#N)cc4)cc3)[nH]c2-c2ccc(N(C)C)cc2)cc1. The fourth-order valence-electron chi connectivity index (χ4n) is 4.33. The Bertz CT molecular complexity index is 1470. The number of rotatable bonds is 6. The van der Waals surface area contributed by atoms with E-state index in [9.17, 15) is 0 Å². The maximum absolute atomic E-state index is 9.06. The number of hydrogen-bond donors (Lipinski definition) is 1. The molecule has 5 rings (SSSR count). The van der Waals surface area contributed by atoms with E-state index < -0.39 is 0 Å². The number of hydrogen-bond acceptors (Lipinski definition) is 4. The molecule has 1 N–H and O–H groups in total. The van der Waals surface area contributed by atoms with E-state index >= 15 is 0 Å². The van der Waals surface area contributed by atoms with Gasteiger partial charge in [-0.05, 0) is 47.5 Å². The summed E-state index contributed by atoms with van der Waals surface area (Å²) in [5.74, 6) is 0.824. The molecule has 0 saturated carbocycles. The highest BCUT2D eigenvalue weighted by molar-refractivity contribution is 5.82. The highest BCUT2D eigenvalue weighted by Crippen LogP contribution is 2.35. The highest BCUT2D eigenvalue weighted by Gasteiger charge is 2.16. The summed E-state index contributed by atoms with van der Waals surface area (Å²) in [6.07, 6.45) is 0. The Morgan fingerprint density at radius 3 is 1.49 bits per heavy atom. The highest BCUT2D eigenvalue weighted by atomic mass is 15.1. The molecule has 0 unspecified atom stereocenters. The molecular formula is C32H29N5. The molecular weight excluding hydrogens is 454 g/mol. The molecule has 0 saturated heterocycles. The first kappa shape index (κ1) is 23.9. The predicted molar refractivity (Wildman–Crippen MR) is 154 cm³/mol. The van der Waals surface area contributed by atoms with Crippen LogP contribution >= 0.6 is 0 Å². The Morgan fingerprint density at radius 2 is 1.00 bits per heavy atom. The van der Waals surface area contributed by atoms with Crippen LogP contribution in [0.3, 0.4) is 0 Å². The van der Waals surface area contributed by atoms with Gasteiger partial charge in [0.05, 0.1) is 23.0 Å². The normalized spacial score (nSPS) is 10.7. The first-order valence-electron chi connectivity index (χ1n) is 12.2. The van der Waals surface area contributed by atoms with Gasteiger partial charge in [0.1, 0.15) is 5.82 Å². The molecule has 0 spiro atoms. The van der Waals surface area contributed by atoms with Crippen molar-refractivity contribution in [2.45, 2.75) is 0 Å². The monoisotopic (exact) mass is 483 g/mol. The number of benzene rings is 4. The van der Waals surface area contributed by atoms with E-state index in [2.05, 4.69) is 93.6 Å². The summed E-state index contributed by atoms with van der Waals surface area (Å²) in [6.45, 7) is 0. The van der Waals surface area contributed by atoms with Crippen molar-refractivity contribution in [2.75, 3.05) is 38.0 Å². The average molecular weight is 484 g/mol. The van der Waals surface area contributed by atoms with E-state index in [0.717, 1.165) is 56.4 Å². The Morgan fingerprint density at radius 1 is 0.568 bits per heavy atom. The maximum Gasteiger partial charge on any atom is 0.138 e. The summed E-state index contributed by atoms with van der Waals surface area (Å²) in [5.41, 5.74) is 10.2. The van der Waals surface area contributed by atoms with Gasteiger partial charge in [-0.2, -0.15) is 5.26 Å². The number of aromatic nitrogens is 2. The molecule has 1 heterocycles. The molecule has 182 valence electrons. The number of H-pyrrole nitrogens is 1. The molecule has 5 heteroatoms. The number of nitriles is 1. The van der Waals surface area contributed by atoms with E-state index in [1.807, 2.05) is 52.5 Å². The summed E-state index contributed by atoms with van der Waals surface area (Å²) >= 11 is 0. The lowest BCUT2D eigenvalue weighted by Gasteiger charge is -2.13. The lowest BCUT2D eigenvalue weighted by Crippen LogP contribution is -2.08. The van der Waals surface area contributed by atoms with Gasteiger partial charge >= 0.3 is 0 Å². The second kappa shape index (κ2) is 10.0. The Balaban J connectivity index is 1.54. The third-order valence-corrected chi connectivity index (χ3v) is 6.54. The maximum atomic E-state index is 9.06. The van der Waals surface area contributed by atoms with Crippen LogP contribution in [0.4, 0.5) is 11.4 Å². The summed E-state index contributed by atoms with van der Waals surface area (Å²) in [7, 11) is 8.17. The number of imidazole rings is 1. The minimum absolute atomic E-state index is 0.660. The van der Waals surface area contributed by atoms with E-state index in [4.69, 9.17) is 10.2 Å². The van der Waals surface area contributed by atoms with Crippen molar-refractivity contribution in [3.05, 3.63) is 103 Å². The molecule has 4 aromatic carbocycles. The largest absolute Gasteiger partial charge is 0.378 e. The van der Waals surface area contributed by atoms with E-state index in [-0.39, 0.29) is 0 Å². The van der Waals surface area contributed by atoms with Crippen molar-refractivity contribution in [3.8, 4) is 51.1 Å². The molecule has 0 fully saturated rings. The second-order valence-corrected chi connectivity index (χ2v) is 9.46. The fourth-order valence-corrected chi connectivity index (χ4v) is 4.33. The van der Waals surface area contributed by atoms with Crippen LogP contribution in [0.1, 0.15) is 5.56 Å². The van der Waals surface area contributed by atoms with Crippen molar-refractivity contribution in [2.24, 2.45) is 0 Å². The Labute approximate surface area is 218 Å². The molecule has 0 amide bonds. The standard InChI is InChI=1S/C32H29N5/c1-36(2)28-17-13-25(14-18-28)30-31(26-15-19-29(20-16-26)37(3)4)35-32(34-30)27-11-9-24(10-12-27)23-7-5-22(21-33)6-8-23/h5-20H,1-4H3,(H,34,35). The summed E-state index contributed by atoms with van der Waals surface area (Å²) in [4.78, 5) is 12.9. The quantitative estimate of drug-likeness (QED) is 0.280. The minimum atomic E-state index is 0.660. The van der Waals surface area contributed by atoms with Crippen molar-refractivity contribution < 1.29 is 0 Å². The van der Waals surface area contributed by atoms with Crippen LogP contribution < -0.4 is 9.80 Å². The predicted octanol–water partition coefficient (Wildman–Crippen LogP) is 7.08. The molecule has 0 radical (unpaired) electrons. The minimum Gasteiger partial charge on any atom is -0.378 e. The van der Waals surface area contributed by atoms with Gasteiger partial charge in [0.25, 0.3) is 0 Å². The van der Waals surface area contributed by atoms with Gasteiger partial charge in [-0.15, -0.1) is 0 Å². The van der Waals surface area contributed by atoms with Crippen LogP contribution in [-0.4, -0.2) is 38.2 Å². The van der Waals surface area contributed by atoms with Crippen molar-refractivity contribution in [3.63, 3.8) is 0 Å². The molecule has 0 bridgehead atoms. The van der Waals surface area contributed by atoms with Crippen LogP contribution in [0.25, 0.3) is 45.0 Å². The van der Waals surface area contributed by atoms with Crippen molar-refractivity contribution in [1.29, 1.82) is 5.26 Å². The van der Waals surface area contributed by atoms with Gasteiger partial charge in [0.2, 0.25) is 0 Å². The summed E-state index contributed by atoms with van der Waals surface area (Å²) < 4.78 is 0. The van der Waals surface area contributed by atoms with Gasteiger partial charge < -0.3 is 14.8 Å². The van der Waals surface area contributed by atoms with Crippen molar-refractivity contribution >= 4 is 11.4 Å². The lowest BCUT2D eigenvalue weighted by molar-refractivity contribution is 1.13. The molecule has 0 aliphatic heterocycles. The van der Waals surface area contributed by atoms with Gasteiger partial charge in [0, 0.05) is 56.3 Å². The van der Waals surface area contributed by atoms with Crippen LogP contribution in [0.15, 0.2) is 97.1 Å². The van der Waals surface area contributed by atoms with E-state index in [1.54, 1.807) is 0 Å². The summed E-state index contributed by atoms with van der Waals surface area (Å²) in [6, 6.07) is 35.2. The van der Waals surface area contributed by atoms with Gasteiger partial charge in [-0.3, -0.25) is 0 Å². The average Bonchev–Trinajstić information content (AvgIpc) is 3.39. The number of anilines is 2. The molecule has 1 aromatic heterocycles. The first-order valence-corrected chi connectivity index (χ1v) is 12.2.